The van der Waals surface area contributed by atoms with Crippen molar-refractivity contribution in [1.29, 1.82) is 0 Å². The van der Waals surface area contributed by atoms with Crippen LogP contribution in [0.25, 0.3) is 0 Å². The fraction of sp³-hybridized carbons (Fsp3) is 0.688. The normalized spacial score (nSPS) is 31.6. The van der Waals surface area contributed by atoms with Gasteiger partial charge in [0.2, 0.25) is 11.8 Å². The molecule has 1 aromatic carbocycles. The number of ether oxygens (including phenoxy) is 2. The molecule has 4 bridgehead atoms. The molecule has 232 valence electrons. The summed E-state index contributed by atoms with van der Waals surface area (Å²) in [6.45, 7) is 4.11. The van der Waals surface area contributed by atoms with Gasteiger partial charge in [-0.25, -0.2) is 0 Å². The molecular formula is C32H45IN2O7. The lowest BCUT2D eigenvalue weighted by Crippen LogP contribution is -2.60. The zero-order valence-electron chi connectivity index (χ0n) is 24.9. The van der Waals surface area contributed by atoms with Gasteiger partial charge in [-0.1, -0.05) is 13.8 Å². The first-order valence-electron chi connectivity index (χ1n) is 15.3. The number of halogens is 1. The Labute approximate surface area is 262 Å². The fourth-order valence-corrected chi connectivity index (χ4v) is 9.22. The Morgan fingerprint density at radius 2 is 1.76 bits per heavy atom. The second-order valence-corrected chi connectivity index (χ2v) is 14.5. The van der Waals surface area contributed by atoms with E-state index in [9.17, 15) is 24.9 Å². The summed E-state index contributed by atoms with van der Waals surface area (Å²) in [6, 6.07) is 2.81. The molecule has 42 heavy (non-hydrogen) atoms. The highest BCUT2D eigenvalue weighted by Gasteiger charge is 2.53. The molecular weight excluding hydrogens is 651 g/mol. The van der Waals surface area contributed by atoms with Gasteiger partial charge in [-0.15, -0.1) is 0 Å². The van der Waals surface area contributed by atoms with Gasteiger partial charge >= 0.3 is 0 Å². The highest BCUT2D eigenvalue weighted by Crippen LogP contribution is 2.60. The van der Waals surface area contributed by atoms with E-state index in [2.05, 4.69) is 27.9 Å². The van der Waals surface area contributed by atoms with Crippen LogP contribution in [0, 0.1) is 32.7 Å². The number of amides is 2. The standard InChI is InChI=1S/C32H45IN2O7/c1-18(2)31(40)35(17-32-13-19-6-20(14-32)8-21(7-19)15-32)25-11-23(30(39)34-4-5-36)12-26(28(25)38)42-29-24(33)9-22(16-37)10-27(29)41-3/h9-10,12,18-21,25-26,28,36-38H,4-8,11,13-17H2,1-3H3,(H,34,39). The lowest BCUT2D eigenvalue weighted by molar-refractivity contribution is -0.150. The second-order valence-electron chi connectivity index (χ2n) is 13.3. The number of methoxy groups -OCH3 is 1. The predicted molar refractivity (Wildman–Crippen MR) is 166 cm³/mol. The molecule has 0 spiro atoms. The molecule has 5 aliphatic carbocycles. The van der Waals surface area contributed by atoms with E-state index in [1.54, 1.807) is 18.2 Å². The molecule has 4 N–H and O–H groups in total. The van der Waals surface area contributed by atoms with Crippen LogP contribution < -0.4 is 14.8 Å². The Morgan fingerprint density at radius 3 is 2.31 bits per heavy atom. The maximum atomic E-state index is 13.9. The zero-order valence-corrected chi connectivity index (χ0v) is 27.0. The zero-order chi connectivity index (χ0) is 30.2. The van der Waals surface area contributed by atoms with Crippen LogP contribution in [0.4, 0.5) is 0 Å². The third kappa shape index (κ3) is 6.46. The molecule has 0 radical (unpaired) electrons. The van der Waals surface area contributed by atoms with Crippen LogP contribution in [0.15, 0.2) is 23.8 Å². The maximum Gasteiger partial charge on any atom is 0.247 e. The number of aliphatic hydroxyl groups is 3. The Kier molecular flexibility index (Phi) is 9.76. The van der Waals surface area contributed by atoms with Crippen LogP contribution in [0.1, 0.15) is 64.4 Å². The molecule has 2 amide bonds. The number of hydrogen-bond donors (Lipinski definition) is 4. The summed E-state index contributed by atoms with van der Waals surface area (Å²) in [5, 5.41) is 33.6. The van der Waals surface area contributed by atoms with Gasteiger partial charge in [-0.3, -0.25) is 9.59 Å². The first kappa shape index (κ1) is 31.5. The van der Waals surface area contributed by atoms with Crippen molar-refractivity contribution in [1.82, 2.24) is 10.2 Å². The van der Waals surface area contributed by atoms with Gasteiger partial charge in [0.05, 0.1) is 29.9 Å². The number of aliphatic hydroxyl groups excluding tert-OH is 3. The SMILES string of the molecule is COc1cc(CO)cc(I)c1OC1C=C(C(=O)NCCO)CC(N(CC23CC4CC(CC(C4)C2)C3)C(=O)C(C)C)C1O. The molecule has 1 aromatic rings. The third-order valence-corrected chi connectivity index (χ3v) is 10.6. The van der Waals surface area contributed by atoms with Crippen LogP contribution in [-0.2, 0) is 16.2 Å². The van der Waals surface area contributed by atoms with Crippen molar-refractivity contribution < 1.29 is 34.4 Å². The number of benzene rings is 1. The monoisotopic (exact) mass is 696 g/mol. The molecule has 10 heteroatoms. The summed E-state index contributed by atoms with van der Waals surface area (Å²) < 4.78 is 12.7. The Morgan fingerprint density at radius 1 is 1.12 bits per heavy atom. The molecule has 0 heterocycles. The summed E-state index contributed by atoms with van der Waals surface area (Å²) in [5.41, 5.74) is 1.13. The smallest absolute Gasteiger partial charge is 0.247 e. The van der Waals surface area contributed by atoms with E-state index in [0.717, 1.165) is 37.0 Å². The van der Waals surface area contributed by atoms with E-state index in [1.165, 1.54) is 26.4 Å². The van der Waals surface area contributed by atoms with Crippen molar-refractivity contribution in [2.45, 2.75) is 83.6 Å². The van der Waals surface area contributed by atoms with Crippen molar-refractivity contribution >= 4 is 34.4 Å². The number of carbonyl (C=O) groups excluding carboxylic acids is 2. The van der Waals surface area contributed by atoms with Crippen molar-refractivity contribution in [3.63, 3.8) is 0 Å². The van der Waals surface area contributed by atoms with Crippen LogP contribution in [0.2, 0.25) is 0 Å². The van der Waals surface area contributed by atoms with Crippen molar-refractivity contribution in [2.24, 2.45) is 29.1 Å². The first-order chi connectivity index (χ1) is 20.1. The molecule has 4 fully saturated rings. The number of carbonyl (C=O) groups is 2. The number of nitrogens with zero attached hydrogens (tertiary/aromatic N) is 1. The summed E-state index contributed by atoms with van der Waals surface area (Å²) in [5.74, 6) is 2.32. The van der Waals surface area contributed by atoms with Crippen LogP contribution in [-0.4, -0.2) is 77.1 Å². The molecule has 6 rings (SSSR count). The van der Waals surface area contributed by atoms with E-state index in [4.69, 9.17) is 9.47 Å². The van der Waals surface area contributed by atoms with Gasteiger partial charge in [0.25, 0.3) is 0 Å². The van der Waals surface area contributed by atoms with Crippen molar-refractivity contribution in [2.75, 3.05) is 26.8 Å². The van der Waals surface area contributed by atoms with E-state index < -0.39 is 18.2 Å². The summed E-state index contributed by atoms with van der Waals surface area (Å²) >= 11 is 2.10. The molecule has 4 saturated carbocycles. The van der Waals surface area contributed by atoms with Crippen LogP contribution >= 0.6 is 22.6 Å². The predicted octanol–water partition coefficient (Wildman–Crippen LogP) is 3.41. The summed E-state index contributed by atoms with van der Waals surface area (Å²) in [4.78, 5) is 29.0. The molecule has 9 nitrogen and oxygen atoms in total. The van der Waals surface area contributed by atoms with Gasteiger partial charge in [0.1, 0.15) is 12.2 Å². The molecule has 0 aromatic heterocycles. The first-order valence-corrected chi connectivity index (χ1v) is 16.4. The highest BCUT2D eigenvalue weighted by atomic mass is 127. The maximum absolute atomic E-state index is 13.9. The molecule has 0 saturated heterocycles. The molecule has 3 atom stereocenters. The minimum Gasteiger partial charge on any atom is -0.493 e. The summed E-state index contributed by atoms with van der Waals surface area (Å²) in [7, 11) is 1.51. The quantitative estimate of drug-likeness (QED) is 0.261. The van der Waals surface area contributed by atoms with Crippen LogP contribution in [0.5, 0.6) is 11.5 Å². The van der Waals surface area contributed by atoms with Gasteiger partial charge in [0, 0.05) is 31.0 Å². The molecule has 3 unspecified atom stereocenters. The molecule has 0 aliphatic heterocycles. The fourth-order valence-electron chi connectivity index (χ4n) is 8.43. The minimum atomic E-state index is -1.09. The number of rotatable bonds is 11. The second kappa shape index (κ2) is 13.0. The lowest BCUT2D eigenvalue weighted by atomic mass is 9.49. The van der Waals surface area contributed by atoms with Crippen LogP contribution in [0.3, 0.4) is 0 Å². The van der Waals surface area contributed by atoms with Gasteiger partial charge in [-0.2, -0.15) is 0 Å². The van der Waals surface area contributed by atoms with Gasteiger partial charge < -0.3 is 35.0 Å². The van der Waals surface area contributed by atoms with E-state index in [0.29, 0.717) is 32.8 Å². The van der Waals surface area contributed by atoms with E-state index in [1.807, 2.05) is 18.7 Å². The average molecular weight is 697 g/mol. The van der Waals surface area contributed by atoms with Crippen molar-refractivity contribution in [3.05, 3.63) is 32.9 Å². The number of hydrogen-bond acceptors (Lipinski definition) is 7. The number of nitrogens with one attached hydrogen (secondary N) is 1. The average Bonchev–Trinajstić information content (AvgIpc) is 2.95. The Hall–Kier alpha value is -1.89. The summed E-state index contributed by atoms with van der Waals surface area (Å²) in [6.07, 6.45) is 7.06. The Balaban J connectivity index is 1.49. The third-order valence-electron chi connectivity index (χ3n) is 9.79. The van der Waals surface area contributed by atoms with Crippen molar-refractivity contribution in [3.8, 4) is 11.5 Å². The lowest BCUT2D eigenvalue weighted by Gasteiger charge is -2.58. The van der Waals surface area contributed by atoms with Gasteiger partial charge in [-0.05, 0) is 108 Å². The molecule has 5 aliphatic rings. The van der Waals surface area contributed by atoms with Gasteiger partial charge in [0.15, 0.2) is 11.5 Å². The van der Waals surface area contributed by atoms with E-state index >= 15 is 0 Å². The topological polar surface area (TPSA) is 129 Å². The van der Waals surface area contributed by atoms with E-state index in [-0.39, 0.29) is 49.3 Å². The largest absolute Gasteiger partial charge is 0.493 e. The minimum absolute atomic E-state index is 0.0231. The highest BCUT2D eigenvalue weighted by molar-refractivity contribution is 14.1. The Bertz CT molecular complexity index is 1170.